The van der Waals surface area contributed by atoms with Crippen molar-refractivity contribution < 1.29 is 18.3 Å². The van der Waals surface area contributed by atoms with Crippen molar-refractivity contribution in [2.24, 2.45) is 0 Å². The average Bonchev–Trinajstić information content (AvgIpc) is 2.97. The molecule has 1 aliphatic heterocycles. The fourth-order valence-corrected chi connectivity index (χ4v) is 3.17. The van der Waals surface area contributed by atoms with Gasteiger partial charge >= 0.3 is 6.29 Å². The Kier molecular flexibility index (Phi) is 3.23. The molecule has 20 heavy (non-hydrogen) atoms. The van der Waals surface area contributed by atoms with E-state index in [-0.39, 0.29) is 11.5 Å². The lowest BCUT2D eigenvalue weighted by atomic mass is 10.2. The van der Waals surface area contributed by atoms with E-state index in [1.165, 1.54) is 29.2 Å². The van der Waals surface area contributed by atoms with E-state index in [0.717, 1.165) is 0 Å². The van der Waals surface area contributed by atoms with Crippen LogP contribution >= 0.6 is 23.1 Å². The molecule has 0 bridgehead atoms. The fourth-order valence-electron chi connectivity index (χ4n) is 1.62. The molecule has 0 spiro atoms. The predicted octanol–water partition coefficient (Wildman–Crippen LogP) is 3.25. The lowest BCUT2D eigenvalue weighted by Crippen LogP contribution is -2.26. The number of ether oxygens (including phenoxy) is 2. The van der Waals surface area contributed by atoms with Crippen molar-refractivity contribution in [3.05, 3.63) is 18.2 Å². The Morgan fingerprint density at radius 2 is 2.20 bits per heavy atom. The van der Waals surface area contributed by atoms with Crippen molar-refractivity contribution in [3.63, 3.8) is 0 Å². The molecule has 0 fully saturated rings. The predicted molar refractivity (Wildman–Crippen MR) is 71.1 cm³/mol. The number of para-hydroxylation sites is 1. The molecule has 1 aromatic carbocycles. The highest BCUT2D eigenvalue weighted by molar-refractivity contribution is 8.01. The number of hydrogen-bond acceptors (Lipinski definition) is 6. The Morgan fingerprint density at radius 3 is 3.00 bits per heavy atom. The maximum atomic E-state index is 13.1. The van der Waals surface area contributed by atoms with Gasteiger partial charge in [0.25, 0.3) is 0 Å². The van der Waals surface area contributed by atoms with Gasteiger partial charge in [-0.1, -0.05) is 35.1 Å². The molecule has 0 N–H and O–H groups in total. The number of rotatable bonds is 3. The maximum absolute atomic E-state index is 13.1. The summed E-state index contributed by atoms with van der Waals surface area (Å²) in [5.74, 6) is 2.91. The summed E-state index contributed by atoms with van der Waals surface area (Å²) in [6.45, 7) is 0. The first kappa shape index (κ1) is 13.1. The Bertz CT molecular complexity index is 697. The van der Waals surface area contributed by atoms with Gasteiger partial charge in [0.2, 0.25) is 0 Å². The van der Waals surface area contributed by atoms with E-state index in [2.05, 4.69) is 25.6 Å². The third-order valence-corrected chi connectivity index (χ3v) is 4.34. The molecule has 0 atom stereocenters. The van der Waals surface area contributed by atoms with Crippen LogP contribution in [0, 0.1) is 12.3 Å². The zero-order valence-electron chi connectivity index (χ0n) is 9.80. The number of fused-ring (bicyclic) bond motifs is 1. The van der Waals surface area contributed by atoms with Crippen LogP contribution < -0.4 is 9.47 Å². The maximum Gasteiger partial charge on any atom is 0.586 e. The standard InChI is InChI=1S/C12H6F2N2O2S2/c1-2-6-19-11-16-15-10(20-11)7-4-3-5-8-9(7)18-12(13,14)17-8/h1,3-5H,6H2. The molecule has 0 saturated heterocycles. The first-order valence-electron chi connectivity index (χ1n) is 5.38. The monoisotopic (exact) mass is 312 g/mol. The third kappa shape index (κ3) is 2.42. The number of hydrogen-bond donors (Lipinski definition) is 0. The van der Waals surface area contributed by atoms with Crippen molar-refractivity contribution >= 4 is 23.1 Å². The number of terminal acetylenes is 1. The molecule has 2 heterocycles. The minimum Gasteiger partial charge on any atom is -0.395 e. The molecular weight excluding hydrogens is 306 g/mol. The second kappa shape index (κ2) is 4.92. The molecule has 1 aliphatic rings. The zero-order valence-corrected chi connectivity index (χ0v) is 11.4. The first-order chi connectivity index (χ1) is 9.59. The van der Waals surface area contributed by atoms with Crippen molar-refractivity contribution in [1.82, 2.24) is 10.2 Å². The van der Waals surface area contributed by atoms with Crippen molar-refractivity contribution in [1.29, 1.82) is 0 Å². The normalized spacial score (nSPS) is 15.1. The van der Waals surface area contributed by atoms with Gasteiger partial charge in [-0.2, -0.15) is 0 Å². The Morgan fingerprint density at radius 1 is 1.35 bits per heavy atom. The Hall–Kier alpha value is -1.85. The zero-order chi connectivity index (χ0) is 14.2. The summed E-state index contributed by atoms with van der Waals surface area (Å²) in [5, 5.41) is 8.38. The van der Waals surface area contributed by atoms with Gasteiger partial charge in [0.05, 0.1) is 11.3 Å². The van der Waals surface area contributed by atoms with Gasteiger partial charge in [-0.15, -0.1) is 25.4 Å². The quantitative estimate of drug-likeness (QED) is 0.643. The van der Waals surface area contributed by atoms with Crippen LogP contribution in [0.3, 0.4) is 0 Å². The van der Waals surface area contributed by atoms with Gasteiger partial charge in [0.1, 0.15) is 0 Å². The first-order valence-corrected chi connectivity index (χ1v) is 7.18. The summed E-state index contributed by atoms with van der Waals surface area (Å²) in [5.41, 5.74) is 0.421. The van der Waals surface area contributed by atoms with Gasteiger partial charge in [-0.25, -0.2) is 0 Å². The smallest absolute Gasteiger partial charge is 0.395 e. The lowest BCUT2D eigenvalue weighted by molar-refractivity contribution is -0.286. The lowest BCUT2D eigenvalue weighted by Gasteiger charge is -2.05. The summed E-state index contributed by atoms with van der Waals surface area (Å²) in [7, 11) is 0. The van der Waals surface area contributed by atoms with Crippen LogP contribution in [0.5, 0.6) is 11.5 Å². The highest BCUT2D eigenvalue weighted by Crippen LogP contribution is 2.47. The molecule has 0 amide bonds. The van der Waals surface area contributed by atoms with Crippen LogP contribution in [0.15, 0.2) is 22.5 Å². The van der Waals surface area contributed by atoms with E-state index in [9.17, 15) is 8.78 Å². The van der Waals surface area contributed by atoms with E-state index >= 15 is 0 Å². The van der Waals surface area contributed by atoms with Crippen LogP contribution in [0.4, 0.5) is 8.78 Å². The topological polar surface area (TPSA) is 44.2 Å². The summed E-state index contributed by atoms with van der Waals surface area (Å²) in [6.07, 6.45) is 1.52. The number of benzene rings is 1. The summed E-state index contributed by atoms with van der Waals surface area (Å²) in [4.78, 5) is 0. The van der Waals surface area contributed by atoms with Crippen LogP contribution in [0.1, 0.15) is 0 Å². The SMILES string of the molecule is C#CCSc1nnc(-c2cccc3c2OC(F)(F)O3)s1. The second-order valence-corrected chi connectivity index (χ2v) is 5.87. The second-order valence-electron chi connectivity index (χ2n) is 3.67. The fraction of sp³-hybridized carbons (Fsp3) is 0.167. The van der Waals surface area contributed by atoms with Gasteiger partial charge in [-0.05, 0) is 12.1 Å². The molecule has 0 saturated carbocycles. The summed E-state index contributed by atoms with van der Waals surface area (Å²) < 4.78 is 35.8. The summed E-state index contributed by atoms with van der Waals surface area (Å²) >= 11 is 2.61. The van der Waals surface area contributed by atoms with Crippen LogP contribution in [-0.2, 0) is 0 Å². The van der Waals surface area contributed by atoms with Crippen LogP contribution in [0.2, 0.25) is 0 Å². The van der Waals surface area contributed by atoms with E-state index in [1.54, 1.807) is 12.1 Å². The number of alkyl halides is 2. The van der Waals surface area contributed by atoms with Gasteiger partial charge in [0, 0.05) is 0 Å². The molecule has 0 aliphatic carbocycles. The highest BCUT2D eigenvalue weighted by atomic mass is 32.2. The number of halogens is 2. The molecule has 2 aromatic rings. The van der Waals surface area contributed by atoms with E-state index < -0.39 is 6.29 Å². The largest absolute Gasteiger partial charge is 0.586 e. The number of nitrogens with zero attached hydrogens (tertiary/aromatic N) is 2. The molecule has 0 unspecified atom stereocenters. The molecule has 3 rings (SSSR count). The molecule has 102 valence electrons. The van der Waals surface area contributed by atoms with E-state index in [1.807, 2.05) is 0 Å². The van der Waals surface area contributed by atoms with Gasteiger partial charge < -0.3 is 9.47 Å². The van der Waals surface area contributed by atoms with Crippen LogP contribution in [-0.4, -0.2) is 22.2 Å². The molecular formula is C12H6F2N2O2S2. The molecule has 0 radical (unpaired) electrons. The molecule has 1 aromatic heterocycles. The minimum atomic E-state index is -3.65. The van der Waals surface area contributed by atoms with E-state index in [4.69, 9.17) is 6.42 Å². The third-order valence-electron chi connectivity index (χ3n) is 2.34. The number of aromatic nitrogens is 2. The van der Waals surface area contributed by atoms with Crippen LogP contribution in [0.25, 0.3) is 10.6 Å². The van der Waals surface area contributed by atoms with Crippen molar-refractivity contribution in [2.75, 3.05) is 5.75 Å². The average molecular weight is 312 g/mol. The minimum absolute atomic E-state index is 0.0134. The number of thioether (sulfide) groups is 1. The molecule has 4 nitrogen and oxygen atoms in total. The van der Waals surface area contributed by atoms with Gasteiger partial charge in [-0.3, -0.25) is 0 Å². The molecule has 8 heteroatoms. The van der Waals surface area contributed by atoms with Gasteiger partial charge in [0.15, 0.2) is 20.8 Å². The highest BCUT2D eigenvalue weighted by Gasteiger charge is 2.44. The van der Waals surface area contributed by atoms with Crippen molar-refractivity contribution in [3.8, 4) is 34.4 Å². The Balaban J connectivity index is 1.95. The van der Waals surface area contributed by atoms with Crippen molar-refractivity contribution in [2.45, 2.75) is 10.6 Å². The van der Waals surface area contributed by atoms with E-state index in [0.29, 0.717) is 20.7 Å². The Labute approximate surface area is 121 Å². The summed E-state index contributed by atoms with van der Waals surface area (Å²) in [6, 6.07) is 4.63.